The van der Waals surface area contributed by atoms with Crippen molar-refractivity contribution in [3.8, 4) is 0 Å². The van der Waals surface area contributed by atoms with Crippen LogP contribution < -0.4 is 11.3 Å². The van der Waals surface area contributed by atoms with Crippen molar-refractivity contribution in [2.24, 2.45) is 17.7 Å². The van der Waals surface area contributed by atoms with Gasteiger partial charge in [0.15, 0.2) is 0 Å². The van der Waals surface area contributed by atoms with E-state index in [4.69, 9.17) is 5.84 Å². The predicted octanol–water partition coefficient (Wildman–Crippen LogP) is 2.05. The molecule has 72 valence electrons. The summed E-state index contributed by atoms with van der Waals surface area (Å²) < 4.78 is 0. The van der Waals surface area contributed by atoms with E-state index in [1.165, 1.54) is 25.7 Å². The van der Waals surface area contributed by atoms with Gasteiger partial charge in [0, 0.05) is 6.04 Å². The van der Waals surface area contributed by atoms with Crippen LogP contribution in [-0.4, -0.2) is 6.04 Å². The molecule has 1 fully saturated rings. The highest BCUT2D eigenvalue weighted by Gasteiger charge is 2.23. The van der Waals surface area contributed by atoms with Gasteiger partial charge in [-0.2, -0.15) is 0 Å². The van der Waals surface area contributed by atoms with Crippen LogP contribution in [0.1, 0.15) is 46.0 Å². The van der Waals surface area contributed by atoms with Crippen LogP contribution in [0.2, 0.25) is 0 Å². The van der Waals surface area contributed by atoms with E-state index >= 15 is 0 Å². The van der Waals surface area contributed by atoms with Crippen LogP contribution in [0.15, 0.2) is 0 Å². The summed E-state index contributed by atoms with van der Waals surface area (Å²) in [7, 11) is 0. The maximum atomic E-state index is 5.50. The van der Waals surface area contributed by atoms with Crippen molar-refractivity contribution in [2.45, 2.75) is 52.0 Å². The Morgan fingerprint density at radius 1 is 1.33 bits per heavy atom. The molecule has 0 aromatic carbocycles. The van der Waals surface area contributed by atoms with Crippen LogP contribution in [-0.2, 0) is 0 Å². The summed E-state index contributed by atoms with van der Waals surface area (Å²) in [6, 6.07) is 0.553. The van der Waals surface area contributed by atoms with Gasteiger partial charge in [0.1, 0.15) is 0 Å². The van der Waals surface area contributed by atoms with Crippen molar-refractivity contribution in [2.75, 3.05) is 0 Å². The minimum atomic E-state index is 0.553. The van der Waals surface area contributed by atoms with E-state index in [9.17, 15) is 0 Å². The van der Waals surface area contributed by atoms with Crippen LogP contribution in [0.4, 0.5) is 0 Å². The van der Waals surface area contributed by atoms with Gasteiger partial charge in [-0.15, -0.1) is 0 Å². The summed E-state index contributed by atoms with van der Waals surface area (Å²) in [6.07, 6.45) is 6.68. The van der Waals surface area contributed by atoms with Crippen LogP contribution in [0.5, 0.6) is 0 Å². The minimum absolute atomic E-state index is 0.553. The number of hydrazine groups is 1. The maximum Gasteiger partial charge on any atom is 0.0236 e. The van der Waals surface area contributed by atoms with Crippen LogP contribution in [0, 0.1) is 11.8 Å². The van der Waals surface area contributed by atoms with E-state index in [-0.39, 0.29) is 0 Å². The van der Waals surface area contributed by atoms with Crippen molar-refractivity contribution in [3.63, 3.8) is 0 Å². The Bertz CT molecular complexity index is 113. The zero-order chi connectivity index (χ0) is 8.97. The van der Waals surface area contributed by atoms with Crippen molar-refractivity contribution in [3.05, 3.63) is 0 Å². The van der Waals surface area contributed by atoms with Gasteiger partial charge in [0.2, 0.25) is 0 Å². The minimum Gasteiger partial charge on any atom is -0.271 e. The van der Waals surface area contributed by atoms with Gasteiger partial charge in [-0.25, -0.2) is 0 Å². The van der Waals surface area contributed by atoms with Gasteiger partial charge in [-0.1, -0.05) is 26.7 Å². The number of hydrogen-bond acceptors (Lipinski definition) is 2. The Morgan fingerprint density at radius 3 is 2.33 bits per heavy atom. The summed E-state index contributed by atoms with van der Waals surface area (Å²) >= 11 is 0. The Morgan fingerprint density at radius 2 is 1.92 bits per heavy atom. The highest BCUT2D eigenvalue weighted by molar-refractivity contribution is 4.78. The quantitative estimate of drug-likeness (QED) is 0.502. The summed E-state index contributed by atoms with van der Waals surface area (Å²) in [5, 5.41) is 0. The maximum absolute atomic E-state index is 5.50. The number of nitrogens with two attached hydrogens (primary N) is 1. The van der Waals surface area contributed by atoms with Crippen molar-refractivity contribution in [1.29, 1.82) is 0 Å². The van der Waals surface area contributed by atoms with Crippen LogP contribution in [0.25, 0.3) is 0 Å². The molecule has 1 aliphatic rings. The van der Waals surface area contributed by atoms with Crippen LogP contribution in [0.3, 0.4) is 0 Å². The average Bonchev–Trinajstić information content (AvgIpc) is 2.10. The van der Waals surface area contributed by atoms with Crippen molar-refractivity contribution < 1.29 is 0 Å². The third-order valence-electron chi connectivity index (χ3n) is 3.28. The number of rotatable bonds is 3. The Hall–Kier alpha value is -0.0800. The first-order chi connectivity index (χ1) is 5.77. The van der Waals surface area contributed by atoms with Gasteiger partial charge in [0.25, 0.3) is 0 Å². The molecule has 0 aromatic rings. The molecule has 0 spiro atoms. The van der Waals surface area contributed by atoms with Crippen LogP contribution >= 0.6 is 0 Å². The van der Waals surface area contributed by atoms with Gasteiger partial charge >= 0.3 is 0 Å². The first-order valence-corrected chi connectivity index (χ1v) is 5.24. The molecule has 12 heavy (non-hydrogen) atoms. The summed E-state index contributed by atoms with van der Waals surface area (Å²) in [6.45, 7) is 4.57. The van der Waals surface area contributed by atoms with Gasteiger partial charge in [-0.05, 0) is 31.1 Å². The molecule has 0 aliphatic heterocycles. The fraction of sp³-hybridized carbons (Fsp3) is 1.00. The third kappa shape index (κ3) is 2.46. The zero-order valence-electron chi connectivity index (χ0n) is 8.34. The molecule has 0 saturated heterocycles. The topological polar surface area (TPSA) is 38.0 Å². The second-order valence-corrected chi connectivity index (χ2v) is 4.20. The lowest BCUT2D eigenvalue weighted by Crippen LogP contribution is -2.41. The molecular weight excluding hydrogens is 148 g/mol. The van der Waals surface area contributed by atoms with E-state index in [2.05, 4.69) is 19.3 Å². The normalized spacial score (nSPS) is 33.2. The van der Waals surface area contributed by atoms with E-state index in [0.717, 1.165) is 18.3 Å². The smallest absolute Gasteiger partial charge is 0.0236 e. The molecule has 0 bridgehead atoms. The predicted molar refractivity (Wildman–Crippen MR) is 52.5 cm³/mol. The second kappa shape index (κ2) is 4.83. The molecule has 1 atom stereocenters. The number of hydrogen-bond donors (Lipinski definition) is 2. The first-order valence-electron chi connectivity index (χ1n) is 5.24. The molecule has 1 saturated carbocycles. The third-order valence-corrected chi connectivity index (χ3v) is 3.28. The lowest BCUT2D eigenvalue weighted by molar-refractivity contribution is 0.227. The molecule has 1 aliphatic carbocycles. The van der Waals surface area contributed by atoms with E-state index in [0.29, 0.717) is 6.04 Å². The monoisotopic (exact) mass is 170 g/mol. The molecule has 1 rings (SSSR count). The van der Waals surface area contributed by atoms with Gasteiger partial charge in [-0.3, -0.25) is 11.3 Å². The molecular formula is C10H22N2. The Kier molecular flexibility index (Phi) is 4.02. The lowest BCUT2D eigenvalue weighted by atomic mass is 9.79. The molecule has 0 radical (unpaired) electrons. The van der Waals surface area contributed by atoms with E-state index in [1.54, 1.807) is 0 Å². The first kappa shape index (κ1) is 10.0. The Balaban J connectivity index is 2.32. The highest BCUT2D eigenvalue weighted by Crippen LogP contribution is 2.30. The van der Waals surface area contributed by atoms with E-state index in [1.807, 2.05) is 0 Å². The highest BCUT2D eigenvalue weighted by atomic mass is 15.2. The standard InChI is InChI=1S/C10H22N2/c1-3-10(12-11)9-6-4-8(2)5-7-9/h8-10,12H,3-7,11H2,1-2H3. The SMILES string of the molecule is CCC(NN)C1CCC(C)CC1. The van der Waals surface area contributed by atoms with E-state index < -0.39 is 0 Å². The fourth-order valence-electron chi connectivity index (χ4n) is 2.28. The largest absolute Gasteiger partial charge is 0.271 e. The molecule has 1 unspecified atom stereocenters. The second-order valence-electron chi connectivity index (χ2n) is 4.20. The molecule has 0 amide bonds. The molecule has 0 heterocycles. The number of nitrogens with one attached hydrogen (secondary N) is 1. The zero-order valence-corrected chi connectivity index (χ0v) is 8.34. The van der Waals surface area contributed by atoms with Gasteiger partial charge in [0.05, 0.1) is 0 Å². The average molecular weight is 170 g/mol. The van der Waals surface area contributed by atoms with Gasteiger partial charge < -0.3 is 0 Å². The molecule has 2 nitrogen and oxygen atoms in total. The molecule has 2 heteroatoms. The fourth-order valence-corrected chi connectivity index (χ4v) is 2.28. The molecule has 0 aromatic heterocycles. The Labute approximate surface area is 75.9 Å². The van der Waals surface area contributed by atoms with Crippen molar-refractivity contribution >= 4 is 0 Å². The molecule has 3 N–H and O–H groups in total. The van der Waals surface area contributed by atoms with Crippen molar-refractivity contribution in [1.82, 2.24) is 5.43 Å². The summed E-state index contributed by atoms with van der Waals surface area (Å²) in [5.41, 5.74) is 2.94. The summed E-state index contributed by atoms with van der Waals surface area (Å²) in [5.74, 6) is 7.27. The summed E-state index contributed by atoms with van der Waals surface area (Å²) in [4.78, 5) is 0. The lowest BCUT2D eigenvalue weighted by Gasteiger charge is -2.31.